The van der Waals surface area contributed by atoms with Crippen LogP contribution >= 0.6 is 0 Å². The molecular weight excluding hydrogens is 350 g/mol. The van der Waals surface area contributed by atoms with Crippen LogP contribution in [-0.4, -0.2) is 56.3 Å². The number of hydrogen-bond acceptors (Lipinski definition) is 4. The molecule has 0 aliphatic carbocycles. The summed E-state index contributed by atoms with van der Waals surface area (Å²) in [6.45, 7) is 3.28. The lowest BCUT2D eigenvalue weighted by molar-refractivity contribution is 0.1000. The molecule has 26 heavy (non-hydrogen) atoms. The third kappa shape index (κ3) is 4.30. The molecule has 1 amide bonds. The summed E-state index contributed by atoms with van der Waals surface area (Å²) in [5.41, 5.74) is 6.79. The highest BCUT2D eigenvalue weighted by molar-refractivity contribution is 7.89. The summed E-state index contributed by atoms with van der Waals surface area (Å²) in [5.74, 6) is -0.569. The van der Waals surface area contributed by atoms with Gasteiger partial charge < -0.3 is 10.6 Å². The lowest BCUT2D eigenvalue weighted by Gasteiger charge is -2.34. The standard InChI is InChI=1S/C19H23N3O3S/c20-19(23)17-6-8-18(9-7-17)26(24,25)22-14-12-21(13-15-22)11-10-16-4-2-1-3-5-16/h1-9H,10-15H2,(H2,20,23). The fraction of sp³-hybridized carbons (Fsp3) is 0.316. The molecule has 2 aromatic carbocycles. The molecule has 0 spiro atoms. The Hall–Kier alpha value is -2.22. The number of carbonyl (C=O) groups excluding carboxylic acids is 1. The van der Waals surface area contributed by atoms with Gasteiger partial charge >= 0.3 is 0 Å². The predicted octanol–water partition coefficient (Wildman–Crippen LogP) is 1.33. The van der Waals surface area contributed by atoms with Gasteiger partial charge in [0.2, 0.25) is 15.9 Å². The fourth-order valence-electron chi connectivity index (χ4n) is 3.07. The van der Waals surface area contributed by atoms with Gasteiger partial charge in [-0.1, -0.05) is 30.3 Å². The van der Waals surface area contributed by atoms with Crippen LogP contribution in [0.2, 0.25) is 0 Å². The van der Waals surface area contributed by atoms with E-state index in [1.54, 1.807) is 0 Å². The van der Waals surface area contributed by atoms with E-state index < -0.39 is 15.9 Å². The van der Waals surface area contributed by atoms with Crippen molar-refractivity contribution in [2.75, 3.05) is 32.7 Å². The van der Waals surface area contributed by atoms with Gasteiger partial charge in [0, 0.05) is 38.3 Å². The normalized spacial score (nSPS) is 16.5. The van der Waals surface area contributed by atoms with E-state index in [4.69, 9.17) is 5.73 Å². The number of rotatable bonds is 6. The molecule has 0 atom stereocenters. The third-order valence-electron chi connectivity index (χ3n) is 4.67. The lowest BCUT2D eigenvalue weighted by Crippen LogP contribution is -2.49. The third-order valence-corrected chi connectivity index (χ3v) is 6.58. The second kappa shape index (κ2) is 7.99. The number of piperazine rings is 1. The molecule has 1 heterocycles. The van der Waals surface area contributed by atoms with Crippen molar-refractivity contribution in [2.45, 2.75) is 11.3 Å². The van der Waals surface area contributed by atoms with E-state index in [0.29, 0.717) is 31.7 Å². The number of hydrogen-bond donors (Lipinski definition) is 1. The van der Waals surface area contributed by atoms with Crippen LogP contribution < -0.4 is 5.73 Å². The molecule has 1 aliphatic heterocycles. The Labute approximate surface area is 154 Å². The second-order valence-corrected chi connectivity index (χ2v) is 8.31. The highest BCUT2D eigenvalue weighted by Gasteiger charge is 2.28. The van der Waals surface area contributed by atoms with Crippen LogP contribution in [0.15, 0.2) is 59.5 Å². The van der Waals surface area contributed by atoms with Crippen LogP contribution in [-0.2, 0) is 16.4 Å². The van der Waals surface area contributed by atoms with E-state index in [2.05, 4.69) is 17.0 Å². The van der Waals surface area contributed by atoms with Crippen LogP contribution in [0.25, 0.3) is 0 Å². The highest BCUT2D eigenvalue weighted by atomic mass is 32.2. The van der Waals surface area contributed by atoms with Crippen molar-refractivity contribution in [3.63, 3.8) is 0 Å². The monoisotopic (exact) mass is 373 g/mol. The second-order valence-electron chi connectivity index (χ2n) is 6.37. The largest absolute Gasteiger partial charge is 0.366 e. The van der Waals surface area contributed by atoms with Gasteiger partial charge in [-0.2, -0.15) is 4.31 Å². The van der Waals surface area contributed by atoms with E-state index in [0.717, 1.165) is 13.0 Å². The Morgan fingerprint density at radius 3 is 2.12 bits per heavy atom. The van der Waals surface area contributed by atoms with E-state index in [1.807, 2.05) is 18.2 Å². The van der Waals surface area contributed by atoms with Crippen molar-refractivity contribution in [2.24, 2.45) is 5.73 Å². The molecule has 2 N–H and O–H groups in total. The number of primary amides is 1. The first-order valence-corrected chi connectivity index (χ1v) is 10.1. The number of amides is 1. The summed E-state index contributed by atoms with van der Waals surface area (Å²) in [5, 5.41) is 0. The predicted molar refractivity (Wildman–Crippen MR) is 100 cm³/mol. The molecule has 1 aliphatic rings. The van der Waals surface area contributed by atoms with Crippen molar-refractivity contribution >= 4 is 15.9 Å². The quantitative estimate of drug-likeness (QED) is 0.828. The first-order valence-electron chi connectivity index (χ1n) is 8.63. The zero-order valence-corrected chi connectivity index (χ0v) is 15.4. The average Bonchev–Trinajstić information content (AvgIpc) is 2.67. The zero-order valence-electron chi connectivity index (χ0n) is 14.5. The van der Waals surface area contributed by atoms with Gasteiger partial charge in [0.25, 0.3) is 0 Å². The topological polar surface area (TPSA) is 83.7 Å². The zero-order chi connectivity index (χ0) is 18.6. The van der Waals surface area contributed by atoms with Crippen LogP contribution in [0.5, 0.6) is 0 Å². The van der Waals surface area contributed by atoms with Gasteiger partial charge in [0.05, 0.1) is 4.90 Å². The van der Waals surface area contributed by atoms with Gasteiger partial charge in [-0.15, -0.1) is 0 Å². The van der Waals surface area contributed by atoms with E-state index in [9.17, 15) is 13.2 Å². The molecule has 0 bridgehead atoms. The molecule has 2 aromatic rings. The van der Waals surface area contributed by atoms with E-state index >= 15 is 0 Å². The first-order chi connectivity index (χ1) is 12.5. The molecular formula is C19H23N3O3S. The van der Waals surface area contributed by atoms with Crippen molar-refractivity contribution < 1.29 is 13.2 Å². The smallest absolute Gasteiger partial charge is 0.248 e. The van der Waals surface area contributed by atoms with Crippen molar-refractivity contribution in [3.05, 3.63) is 65.7 Å². The molecule has 138 valence electrons. The molecule has 0 radical (unpaired) electrons. The molecule has 3 rings (SSSR count). The summed E-state index contributed by atoms with van der Waals surface area (Å²) >= 11 is 0. The average molecular weight is 373 g/mol. The summed E-state index contributed by atoms with van der Waals surface area (Å²) in [6.07, 6.45) is 0.960. The number of nitrogens with two attached hydrogens (primary N) is 1. The number of sulfonamides is 1. The van der Waals surface area contributed by atoms with Gasteiger partial charge in [0.1, 0.15) is 0 Å². The fourth-order valence-corrected chi connectivity index (χ4v) is 4.49. The maximum Gasteiger partial charge on any atom is 0.248 e. The minimum absolute atomic E-state index is 0.195. The summed E-state index contributed by atoms with van der Waals surface area (Å²) in [6, 6.07) is 16.1. The molecule has 1 fully saturated rings. The van der Waals surface area contributed by atoms with Gasteiger partial charge in [-0.25, -0.2) is 8.42 Å². The molecule has 6 nitrogen and oxygen atoms in total. The Balaban J connectivity index is 1.57. The van der Waals surface area contributed by atoms with Gasteiger partial charge in [0.15, 0.2) is 0 Å². The Bertz CT molecular complexity index is 843. The SMILES string of the molecule is NC(=O)c1ccc(S(=O)(=O)N2CCN(CCc3ccccc3)CC2)cc1. The van der Waals surface area contributed by atoms with Crippen molar-refractivity contribution in [1.82, 2.24) is 9.21 Å². The van der Waals surface area contributed by atoms with Crippen LogP contribution in [0.3, 0.4) is 0 Å². The maximum absolute atomic E-state index is 12.7. The lowest BCUT2D eigenvalue weighted by atomic mass is 10.1. The van der Waals surface area contributed by atoms with Crippen LogP contribution in [0.4, 0.5) is 0 Å². The molecule has 1 saturated heterocycles. The maximum atomic E-state index is 12.7. The summed E-state index contributed by atoms with van der Waals surface area (Å²) in [7, 11) is -3.54. The van der Waals surface area contributed by atoms with Crippen LogP contribution in [0, 0.1) is 0 Å². The summed E-state index contributed by atoms with van der Waals surface area (Å²) in [4.78, 5) is 13.6. The Kier molecular flexibility index (Phi) is 5.70. The van der Waals surface area contributed by atoms with Gasteiger partial charge in [-0.05, 0) is 36.2 Å². The highest BCUT2D eigenvalue weighted by Crippen LogP contribution is 2.18. The summed E-state index contributed by atoms with van der Waals surface area (Å²) < 4.78 is 27.0. The molecule has 0 aromatic heterocycles. The van der Waals surface area contributed by atoms with Crippen LogP contribution in [0.1, 0.15) is 15.9 Å². The molecule has 7 heteroatoms. The van der Waals surface area contributed by atoms with E-state index in [-0.39, 0.29) is 4.90 Å². The first kappa shape index (κ1) is 18.6. The number of nitrogens with zero attached hydrogens (tertiary/aromatic N) is 2. The molecule has 0 unspecified atom stereocenters. The Morgan fingerprint density at radius 2 is 1.54 bits per heavy atom. The Morgan fingerprint density at radius 1 is 0.923 bits per heavy atom. The van der Waals surface area contributed by atoms with Crippen molar-refractivity contribution in [3.8, 4) is 0 Å². The van der Waals surface area contributed by atoms with Gasteiger partial charge in [-0.3, -0.25) is 4.79 Å². The van der Waals surface area contributed by atoms with E-state index in [1.165, 1.54) is 34.1 Å². The minimum Gasteiger partial charge on any atom is -0.366 e. The number of carbonyl (C=O) groups is 1. The molecule has 0 saturated carbocycles. The van der Waals surface area contributed by atoms with Crippen molar-refractivity contribution in [1.29, 1.82) is 0 Å². The minimum atomic E-state index is -3.54. The number of benzene rings is 2.